The molecule has 1 atom stereocenters. The Morgan fingerprint density at radius 2 is 1.00 bits per heavy atom. The van der Waals surface area contributed by atoms with Crippen molar-refractivity contribution >= 4 is 9.90 Å². The molecule has 0 aromatic heterocycles. The molecule has 1 unspecified atom stereocenters. The zero-order valence-corrected chi connectivity index (χ0v) is 6.07. The summed E-state index contributed by atoms with van der Waals surface area (Å²) in [6.07, 6.45) is 0. The van der Waals surface area contributed by atoms with Gasteiger partial charge in [-0.2, -0.15) is 9.90 Å². The molecule has 0 aromatic carbocycles. The van der Waals surface area contributed by atoms with Crippen LogP contribution in [-0.2, 0) is 0 Å². The van der Waals surface area contributed by atoms with Gasteiger partial charge in [0.25, 0.3) is 0 Å². The van der Waals surface area contributed by atoms with Crippen LogP contribution < -0.4 is 0 Å². The Morgan fingerprint density at radius 1 is 1.00 bits per heavy atom. The van der Waals surface area contributed by atoms with Crippen LogP contribution in [0.5, 0.6) is 0 Å². The maximum absolute atomic E-state index is 2.00. The molecular weight excluding hydrogens is 97.0 g/mol. The molecule has 0 aromatic rings. The van der Waals surface area contributed by atoms with E-state index in [9.17, 15) is 0 Å². The van der Waals surface area contributed by atoms with Gasteiger partial charge in [0.1, 0.15) is 0 Å². The van der Waals surface area contributed by atoms with E-state index in [0.29, 0.717) is 0 Å². The molecule has 0 aliphatic rings. The summed E-state index contributed by atoms with van der Waals surface area (Å²) in [4.78, 5) is 2.00. The molecule has 2 N–H and O–H groups in total. The first kappa shape index (κ1) is 16.2. The Hall–Kier alpha value is 0.350. The molecule has 0 saturated heterocycles. The van der Waals surface area contributed by atoms with E-state index in [1.807, 2.05) is 26.0 Å². The highest BCUT2D eigenvalue weighted by Gasteiger charge is 1.58. The third-order valence-electron chi connectivity index (χ3n) is 0. The first-order valence-corrected chi connectivity index (χ1v) is 1.34. The van der Waals surface area contributed by atoms with E-state index < -0.39 is 0 Å². The minimum atomic E-state index is 0. The normalized spacial score (nSPS) is 6.00. The molecule has 0 fully saturated rings. The van der Waals surface area contributed by atoms with Crippen molar-refractivity contribution in [2.75, 3.05) is 21.1 Å². The standard InChI is InChI=1S/C3H9N.H2O.H3P/c1-4(2)3;;/h1-3H3;1H2;1H3. The quantitative estimate of drug-likeness (QED) is 0.385. The highest BCUT2D eigenvalue weighted by atomic mass is 31.0. The van der Waals surface area contributed by atoms with Crippen molar-refractivity contribution in [2.45, 2.75) is 0 Å². The van der Waals surface area contributed by atoms with Gasteiger partial charge in [0, 0.05) is 0 Å². The molecular formula is C3H14NOP. The predicted octanol–water partition coefficient (Wildman–Crippen LogP) is -0.589. The van der Waals surface area contributed by atoms with Crippen LogP contribution in [-0.4, -0.2) is 31.5 Å². The van der Waals surface area contributed by atoms with Crippen LogP contribution in [0.15, 0.2) is 0 Å². The van der Waals surface area contributed by atoms with Crippen LogP contribution in [0.25, 0.3) is 0 Å². The van der Waals surface area contributed by atoms with Crippen molar-refractivity contribution in [3.8, 4) is 0 Å². The van der Waals surface area contributed by atoms with Crippen molar-refractivity contribution in [1.29, 1.82) is 0 Å². The van der Waals surface area contributed by atoms with Crippen molar-refractivity contribution in [3.05, 3.63) is 0 Å². The molecule has 6 heavy (non-hydrogen) atoms. The van der Waals surface area contributed by atoms with E-state index in [1.165, 1.54) is 0 Å². The van der Waals surface area contributed by atoms with Gasteiger partial charge in [-0.25, -0.2) is 0 Å². The molecule has 0 bridgehead atoms. The molecule has 0 radical (unpaired) electrons. The number of rotatable bonds is 0. The van der Waals surface area contributed by atoms with Gasteiger partial charge in [0.05, 0.1) is 0 Å². The Bertz CT molecular complexity index is 15.5. The van der Waals surface area contributed by atoms with Crippen molar-refractivity contribution in [1.82, 2.24) is 4.90 Å². The van der Waals surface area contributed by atoms with Gasteiger partial charge in [-0.3, -0.25) is 0 Å². The van der Waals surface area contributed by atoms with Crippen LogP contribution in [0.3, 0.4) is 0 Å². The Kier molecular flexibility index (Phi) is 24.3. The third kappa shape index (κ3) is 399. The molecule has 0 heterocycles. The smallest absolute Gasteiger partial charge is 0.0140 e. The van der Waals surface area contributed by atoms with Gasteiger partial charge < -0.3 is 10.4 Å². The number of hydrogen-bond donors (Lipinski definition) is 0. The summed E-state index contributed by atoms with van der Waals surface area (Å²) in [5.41, 5.74) is 0. The zero-order valence-electron chi connectivity index (χ0n) is 4.65. The molecule has 0 amide bonds. The fourth-order valence-electron chi connectivity index (χ4n) is 0. The first-order valence-electron chi connectivity index (χ1n) is 1.34. The van der Waals surface area contributed by atoms with E-state index in [-0.39, 0.29) is 15.4 Å². The fraction of sp³-hybridized carbons (Fsp3) is 1.00. The lowest BCUT2D eigenvalue weighted by atomic mass is 11.0. The van der Waals surface area contributed by atoms with Crippen LogP contribution >= 0.6 is 9.90 Å². The van der Waals surface area contributed by atoms with Gasteiger partial charge >= 0.3 is 0 Å². The Labute approximate surface area is 42.5 Å². The van der Waals surface area contributed by atoms with E-state index in [1.54, 1.807) is 0 Å². The largest absolute Gasteiger partial charge is 0.412 e. The molecule has 2 nitrogen and oxygen atoms in total. The Balaban J connectivity index is -0.0000000450. The van der Waals surface area contributed by atoms with E-state index in [2.05, 4.69) is 0 Å². The summed E-state index contributed by atoms with van der Waals surface area (Å²) >= 11 is 0. The fourth-order valence-corrected chi connectivity index (χ4v) is 0. The highest BCUT2D eigenvalue weighted by Crippen LogP contribution is 1.47. The minimum absolute atomic E-state index is 0. The predicted molar refractivity (Wildman–Crippen MR) is 34.3 cm³/mol. The lowest BCUT2D eigenvalue weighted by Crippen LogP contribution is -1.99. The summed E-state index contributed by atoms with van der Waals surface area (Å²) in [6, 6.07) is 0. The molecule has 0 saturated carbocycles. The highest BCUT2D eigenvalue weighted by molar-refractivity contribution is 6.92. The first-order chi connectivity index (χ1) is 1.73. The second-order valence-electron chi connectivity index (χ2n) is 1.34. The van der Waals surface area contributed by atoms with Gasteiger partial charge in [0.2, 0.25) is 0 Å². The van der Waals surface area contributed by atoms with E-state index >= 15 is 0 Å². The summed E-state index contributed by atoms with van der Waals surface area (Å²) in [5, 5.41) is 0. The van der Waals surface area contributed by atoms with E-state index in [0.717, 1.165) is 0 Å². The van der Waals surface area contributed by atoms with Crippen molar-refractivity contribution in [3.63, 3.8) is 0 Å². The third-order valence-corrected chi connectivity index (χ3v) is 0. The topological polar surface area (TPSA) is 34.7 Å². The Morgan fingerprint density at radius 3 is 1.00 bits per heavy atom. The average Bonchev–Trinajstić information content (AvgIpc) is 0.811. The second-order valence-corrected chi connectivity index (χ2v) is 1.34. The average molecular weight is 111 g/mol. The van der Waals surface area contributed by atoms with Gasteiger partial charge in [0.15, 0.2) is 0 Å². The summed E-state index contributed by atoms with van der Waals surface area (Å²) < 4.78 is 0. The van der Waals surface area contributed by atoms with Gasteiger partial charge in [-0.05, 0) is 21.1 Å². The number of hydrogen-bond acceptors (Lipinski definition) is 1. The van der Waals surface area contributed by atoms with Gasteiger partial charge in [-0.15, -0.1) is 0 Å². The van der Waals surface area contributed by atoms with Gasteiger partial charge in [-0.1, -0.05) is 0 Å². The van der Waals surface area contributed by atoms with Crippen LogP contribution in [0.4, 0.5) is 0 Å². The lowest BCUT2D eigenvalue weighted by molar-refractivity contribution is 0.505. The second kappa shape index (κ2) is 9.02. The summed E-state index contributed by atoms with van der Waals surface area (Å²) in [6.45, 7) is 0. The van der Waals surface area contributed by atoms with Crippen LogP contribution in [0.1, 0.15) is 0 Å². The summed E-state index contributed by atoms with van der Waals surface area (Å²) in [7, 11) is 6.00. The molecule has 0 rings (SSSR count). The molecule has 42 valence electrons. The molecule has 0 spiro atoms. The summed E-state index contributed by atoms with van der Waals surface area (Å²) in [5.74, 6) is 0. The minimum Gasteiger partial charge on any atom is -0.412 e. The molecule has 0 aliphatic heterocycles. The number of nitrogens with zero attached hydrogens (tertiary/aromatic N) is 1. The maximum Gasteiger partial charge on any atom is -0.0140 e. The lowest BCUT2D eigenvalue weighted by Gasteiger charge is -1.90. The molecule has 0 aliphatic carbocycles. The van der Waals surface area contributed by atoms with E-state index in [4.69, 9.17) is 0 Å². The monoisotopic (exact) mass is 111 g/mol. The zero-order chi connectivity index (χ0) is 3.58. The molecule has 3 heteroatoms. The van der Waals surface area contributed by atoms with Crippen LogP contribution in [0.2, 0.25) is 0 Å². The van der Waals surface area contributed by atoms with Crippen molar-refractivity contribution in [2.24, 2.45) is 0 Å². The maximum atomic E-state index is 2.00. The van der Waals surface area contributed by atoms with Crippen LogP contribution in [0, 0.1) is 0 Å². The van der Waals surface area contributed by atoms with Crippen molar-refractivity contribution < 1.29 is 5.48 Å². The SMILES string of the molecule is CN(C)C.O.P.